The molecular formula is C62H44N2. The Kier molecular flexibility index (Phi) is 8.20. The highest BCUT2D eigenvalue weighted by molar-refractivity contribution is 6.29. The largest absolute Gasteiger partial charge is 0.340 e. The number of fused-ring (bicyclic) bond motifs is 12. The highest BCUT2D eigenvalue weighted by atomic mass is 15.0. The number of para-hydroxylation sites is 2. The number of hydrogen-bond acceptors (Lipinski definition) is 0. The molecule has 0 spiro atoms. The number of aryl methyl sites for hydroxylation is 2. The van der Waals surface area contributed by atoms with E-state index < -0.39 is 0 Å². The maximum absolute atomic E-state index is 2.53. The molecule has 0 N–H and O–H groups in total. The van der Waals surface area contributed by atoms with Crippen molar-refractivity contribution >= 4 is 86.7 Å². The zero-order valence-electron chi connectivity index (χ0n) is 35.9. The Labute approximate surface area is 371 Å². The van der Waals surface area contributed by atoms with Crippen LogP contribution >= 0.6 is 0 Å². The maximum Gasteiger partial charge on any atom is 0.0577 e. The molecule has 0 unspecified atom stereocenters. The highest BCUT2D eigenvalue weighted by Gasteiger charge is 2.24. The van der Waals surface area contributed by atoms with Crippen molar-refractivity contribution < 1.29 is 0 Å². The predicted molar refractivity (Wildman–Crippen MR) is 276 cm³/mol. The molecular weight excluding hydrogens is 773 g/mol. The van der Waals surface area contributed by atoms with Gasteiger partial charge in [-0.2, -0.15) is 0 Å². The van der Waals surface area contributed by atoms with Crippen LogP contribution in [0, 0.1) is 0 Å². The zero-order chi connectivity index (χ0) is 42.5. The third-order valence-corrected chi connectivity index (χ3v) is 14.0. The number of benzene rings is 11. The fourth-order valence-corrected chi connectivity index (χ4v) is 11.4. The molecule has 64 heavy (non-hydrogen) atoms. The van der Waals surface area contributed by atoms with Gasteiger partial charge in [0.2, 0.25) is 0 Å². The molecule has 0 aliphatic rings. The van der Waals surface area contributed by atoms with Crippen LogP contribution in [0.1, 0.15) is 13.8 Å². The molecule has 11 aromatic carbocycles. The quantitative estimate of drug-likeness (QED) is 0.148. The van der Waals surface area contributed by atoms with Crippen molar-refractivity contribution in [1.82, 2.24) is 9.13 Å². The van der Waals surface area contributed by atoms with Gasteiger partial charge in [0.05, 0.1) is 11.0 Å². The first kappa shape index (κ1) is 36.7. The average Bonchev–Trinajstić information content (AvgIpc) is 3.89. The van der Waals surface area contributed by atoms with Gasteiger partial charge in [0, 0.05) is 56.4 Å². The fourth-order valence-electron chi connectivity index (χ4n) is 11.4. The molecule has 0 aliphatic carbocycles. The minimum atomic E-state index is 0.885. The Morgan fingerprint density at radius 3 is 1.22 bits per heavy atom. The summed E-state index contributed by atoms with van der Waals surface area (Å²) in [5, 5.41) is 15.3. The van der Waals surface area contributed by atoms with E-state index in [1.54, 1.807) is 0 Å². The summed E-state index contributed by atoms with van der Waals surface area (Å²) in [5.74, 6) is 0. The van der Waals surface area contributed by atoms with Crippen molar-refractivity contribution in [3.05, 3.63) is 206 Å². The molecule has 0 saturated heterocycles. The summed E-state index contributed by atoms with van der Waals surface area (Å²) in [6.45, 7) is 6.32. The molecule has 0 fully saturated rings. The monoisotopic (exact) mass is 816 g/mol. The predicted octanol–water partition coefficient (Wildman–Crippen LogP) is 17.2. The molecule has 0 atom stereocenters. The molecule has 2 heteroatoms. The van der Waals surface area contributed by atoms with Crippen molar-refractivity contribution in [1.29, 1.82) is 0 Å². The summed E-state index contributed by atoms with van der Waals surface area (Å²) in [6, 6.07) is 77.3. The van der Waals surface area contributed by atoms with Gasteiger partial charge >= 0.3 is 0 Å². The number of nitrogens with zero attached hydrogens (tertiary/aromatic N) is 2. The van der Waals surface area contributed by atoms with Crippen LogP contribution in [0.2, 0.25) is 0 Å². The topological polar surface area (TPSA) is 9.86 Å². The Balaban J connectivity index is 1.23. The molecule has 0 amide bonds. The van der Waals surface area contributed by atoms with Crippen molar-refractivity contribution in [3.8, 4) is 44.5 Å². The number of rotatable bonds is 6. The summed E-state index contributed by atoms with van der Waals surface area (Å²) in [4.78, 5) is 0. The molecule has 13 aromatic rings. The third-order valence-electron chi connectivity index (χ3n) is 14.0. The number of aromatic nitrogens is 2. The van der Waals surface area contributed by atoms with Crippen LogP contribution < -0.4 is 0 Å². The smallest absolute Gasteiger partial charge is 0.0577 e. The van der Waals surface area contributed by atoms with E-state index in [4.69, 9.17) is 0 Å². The second kappa shape index (κ2) is 14.3. The van der Waals surface area contributed by atoms with Crippen LogP contribution in [0.4, 0.5) is 0 Å². The standard InChI is InChI=1S/C62H44N2/c1-3-63-56-34-16-14-28-50(56)59-54(36-40-22-8-10-25-43(40)61(59)63)45-30-18-32-48-52(45)38-53-46(31-19-33-49(53)58(48)47-27-13-12-24-42(47)39-20-6-5-7-21-39)55-37-41-23-9-11-26-44(41)62-60(55)51-29-15-17-35-57(51)64(62)4-2/h5-38H,3-4H2,1-2H3. The van der Waals surface area contributed by atoms with E-state index in [-0.39, 0.29) is 0 Å². The molecule has 0 saturated carbocycles. The zero-order valence-corrected chi connectivity index (χ0v) is 35.9. The van der Waals surface area contributed by atoms with E-state index >= 15 is 0 Å². The van der Waals surface area contributed by atoms with Gasteiger partial charge in [0.25, 0.3) is 0 Å². The third kappa shape index (κ3) is 5.20. The summed E-state index contributed by atoms with van der Waals surface area (Å²) in [5.41, 5.74) is 15.1. The number of hydrogen-bond donors (Lipinski definition) is 0. The fraction of sp³-hybridized carbons (Fsp3) is 0.0645. The SMILES string of the molecule is CCn1c2ccccc2c2c(-c3cccc4c(-c5ccccc5-c5ccccc5)c5cccc(-c6cc7ccccc7c7c6c6ccccc6n7CC)c5cc34)cc3ccccc3c21. The normalized spacial score (nSPS) is 12.0. The molecule has 0 radical (unpaired) electrons. The Morgan fingerprint density at radius 2 is 0.703 bits per heavy atom. The van der Waals surface area contributed by atoms with Crippen molar-refractivity contribution in [2.75, 3.05) is 0 Å². The van der Waals surface area contributed by atoms with Crippen molar-refractivity contribution in [2.24, 2.45) is 0 Å². The van der Waals surface area contributed by atoms with Gasteiger partial charge < -0.3 is 9.13 Å². The van der Waals surface area contributed by atoms with E-state index in [2.05, 4.69) is 229 Å². The first-order chi connectivity index (χ1) is 31.7. The van der Waals surface area contributed by atoms with Gasteiger partial charge in [-0.25, -0.2) is 0 Å². The van der Waals surface area contributed by atoms with Gasteiger partial charge in [-0.05, 0) is 121 Å². The van der Waals surface area contributed by atoms with Crippen LogP contribution in [0.5, 0.6) is 0 Å². The lowest BCUT2D eigenvalue weighted by atomic mass is 9.83. The van der Waals surface area contributed by atoms with Gasteiger partial charge in [0.1, 0.15) is 0 Å². The van der Waals surface area contributed by atoms with E-state index in [9.17, 15) is 0 Å². The lowest BCUT2D eigenvalue weighted by Crippen LogP contribution is -1.95. The summed E-state index contributed by atoms with van der Waals surface area (Å²) in [6.07, 6.45) is 0. The van der Waals surface area contributed by atoms with E-state index in [0.29, 0.717) is 0 Å². The first-order valence-electron chi connectivity index (χ1n) is 22.7. The van der Waals surface area contributed by atoms with E-state index in [1.807, 2.05) is 0 Å². The summed E-state index contributed by atoms with van der Waals surface area (Å²) >= 11 is 0. The van der Waals surface area contributed by atoms with Gasteiger partial charge in [0.15, 0.2) is 0 Å². The van der Waals surface area contributed by atoms with Crippen LogP contribution in [-0.4, -0.2) is 9.13 Å². The second-order valence-electron chi connectivity index (χ2n) is 17.2. The minimum absolute atomic E-state index is 0.885. The van der Waals surface area contributed by atoms with Gasteiger partial charge in [-0.1, -0.05) is 176 Å². The summed E-state index contributed by atoms with van der Waals surface area (Å²) in [7, 11) is 0. The second-order valence-corrected chi connectivity index (χ2v) is 17.2. The molecule has 302 valence electrons. The van der Waals surface area contributed by atoms with Crippen LogP contribution in [0.25, 0.3) is 131 Å². The van der Waals surface area contributed by atoms with Crippen molar-refractivity contribution in [2.45, 2.75) is 26.9 Å². The molecule has 13 rings (SSSR count). The minimum Gasteiger partial charge on any atom is -0.340 e. The van der Waals surface area contributed by atoms with Crippen LogP contribution in [-0.2, 0) is 13.1 Å². The van der Waals surface area contributed by atoms with E-state index in [0.717, 1.165) is 13.1 Å². The Bertz CT molecular complexity index is 3810. The highest BCUT2D eigenvalue weighted by Crippen LogP contribution is 2.50. The average molecular weight is 817 g/mol. The van der Waals surface area contributed by atoms with Crippen molar-refractivity contribution in [3.63, 3.8) is 0 Å². The first-order valence-corrected chi connectivity index (χ1v) is 22.7. The van der Waals surface area contributed by atoms with Crippen LogP contribution in [0.15, 0.2) is 206 Å². The molecule has 0 aliphatic heterocycles. The Hall–Kier alpha value is -7.94. The van der Waals surface area contributed by atoms with Crippen LogP contribution in [0.3, 0.4) is 0 Å². The molecule has 2 heterocycles. The van der Waals surface area contributed by atoms with Gasteiger partial charge in [-0.15, -0.1) is 0 Å². The lowest BCUT2D eigenvalue weighted by molar-refractivity contribution is 0.829. The maximum atomic E-state index is 2.53. The lowest BCUT2D eigenvalue weighted by Gasteiger charge is -2.20. The Morgan fingerprint density at radius 1 is 0.297 bits per heavy atom. The van der Waals surface area contributed by atoms with Gasteiger partial charge in [-0.3, -0.25) is 0 Å². The molecule has 0 bridgehead atoms. The summed E-state index contributed by atoms with van der Waals surface area (Å²) < 4.78 is 5.04. The molecule has 2 nitrogen and oxygen atoms in total. The van der Waals surface area contributed by atoms with E-state index in [1.165, 1.54) is 131 Å². The molecule has 2 aromatic heterocycles.